The van der Waals surface area contributed by atoms with Crippen LogP contribution >= 0.6 is 22.9 Å². The van der Waals surface area contributed by atoms with E-state index < -0.39 is 0 Å². The average molecular weight is 369 g/mol. The molecule has 0 unspecified atom stereocenters. The molecule has 0 atom stereocenters. The molecule has 0 radical (unpaired) electrons. The van der Waals surface area contributed by atoms with Crippen LogP contribution in [0.1, 0.15) is 31.6 Å². The maximum Gasteiger partial charge on any atom is 0.226 e. The van der Waals surface area contributed by atoms with Crippen LogP contribution < -0.4 is 0 Å². The molecular weight excluding hydrogens is 344 g/mol. The third-order valence-corrected chi connectivity index (χ3v) is 5.50. The van der Waals surface area contributed by atoms with Crippen LogP contribution in [0.4, 0.5) is 0 Å². The molecule has 0 saturated carbocycles. The highest BCUT2D eigenvalue weighted by Crippen LogP contribution is 2.25. The molecule has 6 heteroatoms. The molecule has 1 aromatic heterocycles. The topological polar surface area (TPSA) is 40.6 Å². The molecule has 0 N–H and O–H groups in total. The van der Waals surface area contributed by atoms with Crippen molar-refractivity contribution in [2.24, 2.45) is 11.8 Å². The fraction of sp³-hybridized carbons (Fsp3) is 0.556. The normalized spacial score (nSPS) is 15.6. The molecule has 0 aliphatic carbocycles. The van der Waals surface area contributed by atoms with E-state index in [1.54, 1.807) is 6.08 Å². The molecule has 0 aromatic carbocycles. The molecule has 2 heterocycles. The summed E-state index contributed by atoms with van der Waals surface area (Å²) in [5.41, 5.74) is 0. The number of amides is 2. The maximum atomic E-state index is 12.9. The molecule has 1 aliphatic heterocycles. The lowest BCUT2D eigenvalue weighted by molar-refractivity contribution is -0.142. The van der Waals surface area contributed by atoms with Gasteiger partial charge in [0.15, 0.2) is 0 Å². The first-order valence-corrected chi connectivity index (χ1v) is 9.54. The fourth-order valence-corrected chi connectivity index (χ4v) is 4.09. The molecule has 132 valence electrons. The highest BCUT2D eigenvalue weighted by atomic mass is 35.5. The summed E-state index contributed by atoms with van der Waals surface area (Å²) >= 11 is 7.48. The van der Waals surface area contributed by atoms with Crippen LogP contribution in [0.3, 0.4) is 0 Å². The van der Waals surface area contributed by atoms with E-state index in [1.807, 2.05) is 35.8 Å². The van der Waals surface area contributed by atoms with E-state index in [4.69, 9.17) is 11.6 Å². The molecular formula is C18H25ClN2O2S. The highest BCUT2D eigenvalue weighted by molar-refractivity contribution is 7.16. The van der Waals surface area contributed by atoms with Crippen molar-refractivity contribution in [1.29, 1.82) is 0 Å². The molecule has 1 aromatic rings. The van der Waals surface area contributed by atoms with Gasteiger partial charge < -0.3 is 9.80 Å². The van der Waals surface area contributed by atoms with Crippen LogP contribution in [-0.2, 0) is 16.1 Å². The van der Waals surface area contributed by atoms with Gasteiger partial charge in [0.25, 0.3) is 0 Å². The van der Waals surface area contributed by atoms with Crippen LogP contribution in [0, 0.1) is 11.8 Å². The Labute approximate surface area is 153 Å². The Bertz CT molecular complexity index is 592. The first-order valence-electron chi connectivity index (χ1n) is 8.35. The third-order valence-electron chi connectivity index (χ3n) is 4.29. The molecule has 4 nitrogen and oxygen atoms in total. The Hall–Kier alpha value is -1.33. The number of hydrogen-bond acceptors (Lipinski definition) is 3. The van der Waals surface area contributed by atoms with Gasteiger partial charge in [0, 0.05) is 36.3 Å². The minimum Gasteiger partial charge on any atom is -0.342 e. The first-order chi connectivity index (χ1) is 11.4. The monoisotopic (exact) mass is 368 g/mol. The molecule has 0 spiro atoms. The van der Waals surface area contributed by atoms with Crippen molar-refractivity contribution in [3.63, 3.8) is 0 Å². The van der Waals surface area contributed by atoms with Gasteiger partial charge in [0.1, 0.15) is 0 Å². The van der Waals surface area contributed by atoms with Crippen molar-refractivity contribution >= 4 is 34.8 Å². The molecule has 24 heavy (non-hydrogen) atoms. The number of carbonyl (C=O) groups excluding carboxylic acids is 2. The van der Waals surface area contributed by atoms with Crippen molar-refractivity contribution < 1.29 is 9.59 Å². The smallest absolute Gasteiger partial charge is 0.226 e. The van der Waals surface area contributed by atoms with Crippen LogP contribution in [0.5, 0.6) is 0 Å². The number of halogens is 1. The van der Waals surface area contributed by atoms with Crippen LogP contribution in [0.25, 0.3) is 0 Å². The van der Waals surface area contributed by atoms with E-state index in [9.17, 15) is 9.59 Å². The summed E-state index contributed by atoms with van der Waals surface area (Å²) in [6.07, 6.45) is 3.22. The zero-order chi connectivity index (χ0) is 17.7. The standard InChI is InChI=1S/C18H25ClN2O2S/c1-4-9-21(12-15-5-6-16(19)24-15)18(23)14-7-10-20(11-8-14)17(22)13(2)3/h4-6,13-14H,1,7-12H2,2-3H3. The van der Waals surface area contributed by atoms with E-state index in [1.165, 1.54) is 11.3 Å². The van der Waals surface area contributed by atoms with Crippen molar-refractivity contribution in [3.05, 3.63) is 34.0 Å². The summed E-state index contributed by atoms with van der Waals surface area (Å²) in [6.45, 7) is 10.0. The number of rotatable bonds is 6. The number of hydrogen-bond donors (Lipinski definition) is 0. The second kappa shape index (κ2) is 8.67. The Morgan fingerprint density at radius 3 is 2.58 bits per heavy atom. The molecule has 1 aliphatic rings. The summed E-state index contributed by atoms with van der Waals surface area (Å²) in [5.74, 6) is 0.322. The minimum absolute atomic E-state index is 0.0121. The van der Waals surface area contributed by atoms with Gasteiger partial charge in [-0.1, -0.05) is 31.5 Å². The Morgan fingerprint density at radius 1 is 1.42 bits per heavy atom. The lowest BCUT2D eigenvalue weighted by Gasteiger charge is -2.34. The highest BCUT2D eigenvalue weighted by Gasteiger charge is 2.30. The number of likely N-dealkylation sites (tertiary alicyclic amines) is 1. The van der Waals surface area contributed by atoms with Gasteiger partial charge in [-0.05, 0) is 25.0 Å². The van der Waals surface area contributed by atoms with Gasteiger partial charge in [-0.2, -0.15) is 0 Å². The van der Waals surface area contributed by atoms with Crippen LogP contribution in [-0.4, -0.2) is 41.2 Å². The average Bonchev–Trinajstić information content (AvgIpc) is 2.98. The zero-order valence-electron chi connectivity index (χ0n) is 14.3. The Kier molecular flexibility index (Phi) is 6.87. The summed E-state index contributed by atoms with van der Waals surface area (Å²) in [6, 6.07) is 3.81. The SMILES string of the molecule is C=CCN(Cc1ccc(Cl)s1)C(=O)C1CCN(C(=O)C(C)C)CC1. The second-order valence-corrected chi connectivity index (χ2v) is 8.27. The lowest BCUT2D eigenvalue weighted by Crippen LogP contribution is -2.45. The van der Waals surface area contributed by atoms with Crippen molar-refractivity contribution in [2.45, 2.75) is 33.2 Å². The van der Waals surface area contributed by atoms with Gasteiger partial charge in [0.05, 0.1) is 10.9 Å². The second-order valence-electron chi connectivity index (χ2n) is 6.47. The predicted molar refractivity (Wildman–Crippen MR) is 99.1 cm³/mol. The third kappa shape index (κ3) is 4.84. The van der Waals surface area contributed by atoms with E-state index in [2.05, 4.69) is 6.58 Å². The van der Waals surface area contributed by atoms with Crippen LogP contribution in [0.2, 0.25) is 4.34 Å². The minimum atomic E-state index is -0.0170. The van der Waals surface area contributed by atoms with E-state index in [-0.39, 0.29) is 23.7 Å². The van der Waals surface area contributed by atoms with Gasteiger partial charge in [-0.25, -0.2) is 0 Å². The summed E-state index contributed by atoms with van der Waals surface area (Å²) in [4.78, 5) is 29.7. The van der Waals surface area contributed by atoms with E-state index in [0.29, 0.717) is 26.2 Å². The molecule has 1 saturated heterocycles. The van der Waals surface area contributed by atoms with Crippen molar-refractivity contribution in [1.82, 2.24) is 9.80 Å². The van der Waals surface area contributed by atoms with Crippen LogP contribution in [0.15, 0.2) is 24.8 Å². The Morgan fingerprint density at radius 2 is 2.08 bits per heavy atom. The first kappa shape index (κ1) is 19.0. The predicted octanol–water partition coefficient (Wildman–Crippen LogP) is 3.81. The van der Waals surface area contributed by atoms with Gasteiger partial charge >= 0.3 is 0 Å². The number of thiophene rings is 1. The summed E-state index contributed by atoms with van der Waals surface area (Å²) < 4.78 is 0.733. The lowest BCUT2D eigenvalue weighted by atomic mass is 9.94. The zero-order valence-corrected chi connectivity index (χ0v) is 15.9. The Balaban J connectivity index is 1.95. The molecule has 1 fully saturated rings. The number of carbonyl (C=O) groups is 2. The van der Waals surface area contributed by atoms with E-state index in [0.717, 1.165) is 22.1 Å². The summed E-state index contributed by atoms with van der Waals surface area (Å²) in [5, 5.41) is 0. The molecule has 2 rings (SSSR count). The molecule has 0 bridgehead atoms. The van der Waals surface area contributed by atoms with Crippen molar-refractivity contribution in [3.8, 4) is 0 Å². The summed E-state index contributed by atoms with van der Waals surface area (Å²) in [7, 11) is 0. The largest absolute Gasteiger partial charge is 0.342 e. The van der Waals surface area contributed by atoms with Gasteiger partial charge in [0.2, 0.25) is 11.8 Å². The van der Waals surface area contributed by atoms with E-state index >= 15 is 0 Å². The number of nitrogens with zero attached hydrogens (tertiary/aromatic N) is 2. The number of piperidine rings is 1. The maximum absolute atomic E-state index is 12.9. The fourth-order valence-electron chi connectivity index (χ4n) is 2.98. The quantitative estimate of drug-likeness (QED) is 0.716. The molecule has 2 amide bonds. The van der Waals surface area contributed by atoms with Gasteiger partial charge in [-0.15, -0.1) is 17.9 Å². The van der Waals surface area contributed by atoms with Gasteiger partial charge in [-0.3, -0.25) is 9.59 Å². The van der Waals surface area contributed by atoms with Crippen molar-refractivity contribution in [2.75, 3.05) is 19.6 Å².